The highest BCUT2D eigenvalue weighted by Crippen LogP contribution is 2.32. The second-order valence-corrected chi connectivity index (χ2v) is 3.62. The van der Waals surface area contributed by atoms with Crippen LogP contribution in [0.2, 0.25) is 5.02 Å². The molecular formula is C11H14ClNO3. The van der Waals surface area contributed by atoms with Crippen molar-refractivity contribution in [3.05, 3.63) is 23.2 Å². The van der Waals surface area contributed by atoms with Gasteiger partial charge in [0.25, 0.3) is 0 Å². The number of esters is 1. The molecule has 1 aromatic carbocycles. The molecular weight excluding hydrogens is 230 g/mol. The van der Waals surface area contributed by atoms with E-state index in [-0.39, 0.29) is 5.97 Å². The van der Waals surface area contributed by atoms with Gasteiger partial charge in [-0.1, -0.05) is 17.7 Å². The lowest BCUT2D eigenvalue weighted by Gasteiger charge is -2.16. The maximum atomic E-state index is 11.2. The van der Waals surface area contributed by atoms with Crippen molar-refractivity contribution in [2.75, 3.05) is 19.5 Å². The van der Waals surface area contributed by atoms with Crippen LogP contribution in [-0.2, 0) is 9.53 Å². The number of carbonyl (C=O) groups excluding carboxylic acids is 1. The Kier molecular flexibility index (Phi) is 4.43. The zero-order valence-corrected chi connectivity index (χ0v) is 10.2. The molecule has 1 aromatic rings. The van der Waals surface area contributed by atoms with Gasteiger partial charge in [0.05, 0.1) is 24.9 Å². The smallest absolute Gasteiger partial charge is 0.327 e. The highest BCUT2D eigenvalue weighted by Gasteiger charge is 2.15. The second-order valence-electron chi connectivity index (χ2n) is 3.21. The van der Waals surface area contributed by atoms with Gasteiger partial charge in [0.15, 0.2) is 5.75 Å². The van der Waals surface area contributed by atoms with E-state index in [1.165, 1.54) is 14.2 Å². The van der Waals surface area contributed by atoms with Gasteiger partial charge in [0, 0.05) is 0 Å². The molecule has 0 aliphatic rings. The van der Waals surface area contributed by atoms with Crippen molar-refractivity contribution < 1.29 is 14.3 Å². The Hall–Kier alpha value is -1.42. The van der Waals surface area contributed by atoms with Crippen LogP contribution in [0, 0.1) is 0 Å². The fraction of sp³-hybridized carbons (Fsp3) is 0.364. The van der Waals surface area contributed by atoms with Crippen LogP contribution in [0.1, 0.15) is 6.92 Å². The molecule has 0 heterocycles. The average Bonchev–Trinajstić information content (AvgIpc) is 2.28. The van der Waals surface area contributed by atoms with E-state index in [1.807, 2.05) is 0 Å². The van der Waals surface area contributed by atoms with Crippen LogP contribution in [0.3, 0.4) is 0 Å². The summed E-state index contributed by atoms with van der Waals surface area (Å²) in [6, 6.07) is 4.81. The molecule has 0 fully saturated rings. The molecule has 0 amide bonds. The molecule has 1 N–H and O–H groups in total. The Morgan fingerprint density at radius 3 is 2.69 bits per heavy atom. The van der Waals surface area contributed by atoms with E-state index in [0.29, 0.717) is 16.5 Å². The molecule has 4 nitrogen and oxygen atoms in total. The predicted molar refractivity (Wildman–Crippen MR) is 63.1 cm³/mol. The van der Waals surface area contributed by atoms with E-state index in [1.54, 1.807) is 25.1 Å². The normalized spacial score (nSPS) is 11.8. The van der Waals surface area contributed by atoms with Crippen molar-refractivity contribution in [1.29, 1.82) is 0 Å². The Morgan fingerprint density at radius 1 is 1.44 bits per heavy atom. The largest absolute Gasteiger partial charge is 0.493 e. The van der Waals surface area contributed by atoms with E-state index in [0.717, 1.165) is 0 Å². The van der Waals surface area contributed by atoms with Gasteiger partial charge >= 0.3 is 5.97 Å². The molecule has 0 aliphatic heterocycles. The molecule has 0 aromatic heterocycles. The van der Waals surface area contributed by atoms with Gasteiger partial charge < -0.3 is 14.8 Å². The number of benzene rings is 1. The van der Waals surface area contributed by atoms with E-state index in [4.69, 9.17) is 16.3 Å². The summed E-state index contributed by atoms with van der Waals surface area (Å²) in [6.07, 6.45) is 0. The van der Waals surface area contributed by atoms with Gasteiger partial charge in [-0.3, -0.25) is 0 Å². The average molecular weight is 244 g/mol. The fourth-order valence-electron chi connectivity index (χ4n) is 1.30. The lowest BCUT2D eigenvalue weighted by atomic mass is 10.2. The topological polar surface area (TPSA) is 47.6 Å². The minimum Gasteiger partial charge on any atom is -0.493 e. The monoisotopic (exact) mass is 243 g/mol. The highest BCUT2D eigenvalue weighted by atomic mass is 35.5. The summed E-state index contributed by atoms with van der Waals surface area (Å²) in [5, 5.41) is 3.46. The number of ether oxygens (including phenoxy) is 2. The molecule has 1 rings (SSSR count). The Morgan fingerprint density at radius 2 is 2.12 bits per heavy atom. The molecule has 0 bridgehead atoms. The van der Waals surface area contributed by atoms with Crippen LogP contribution in [-0.4, -0.2) is 26.2 Å². The molecule has 1 atom stereocenters. The van der Waals surface area contributed by atoms with E-state index in [9.17, 15) is 4.79 Å². The quantitative estimate of drug-likeness (QED) is 0.825. The first kappa shape index (κ1) is 12.6. The van der Waals surface area contributed by atoms with Gasteiger partial charge in [-0.05, 0) is 19.1 Å². The van der Waals surface area contributed by atoms with Crippen LogP contribution >= 0.6 is 11.6 Å². The number of hydrogen-bond donors (Lipinski definition) is 1. The molecule has 16 heavy (non-hydrogen) atoms. The summed E-state index contributed by atoms with van der Waals surface area (Å²) in [5.74, 6) is 0.168. The zero-order valence-electron chi connectivity index (χ0n) is 9.41. The first-order chi connectivity index (χ1) is 7.60. The van der Waals surface area contributed by atoms with Crippen LogP contribution in [0.4, 0.5) is 5.69 Å². The van der Waals surface area contributed by atoms with Gasteiger partial charge in [0.2, 0.25) is 0 Å². The lowest BCUT2D eigenvalue weighted by molar-refractivity contribution is -0.141. The molecule has 0 saturated heterocycles. The lowest BCUT2D eigenvalue weighted by Crippen LogP contribution is -2.27. The first-order valence-electron chi connectivity index (χ1n) is 4.77. The maximum Gasteiger partial charge on any atom is 0.327 e. The van der Waals surface area contributed by atoms with Crippen molar-refractivity contribution in [2.24, 2.45) is 0 Å². The van der Waals surface area contributed by atoms with Crippen LogP contribution < -0.4 is 10.1 Å². The Balaban J connectivity index is 2.88. The minimum atomic E-state index is -0.461. The standard InChI is InChI=1S/C11H14ClNO3/c1-7(11(14)16-3)13-9-6-4-5-8(12)10(9)15-2/h4-7,13H,1-3H3. The highest BCUT2D eigenvalue weighted by molar-refractivity contribution is 6.32. The van der Waals surface area contributed by atoms with Gasteiger partial charge in [-0.2, -0.15) is 0 Å². The summed E-state index contributed by atoms with van der Waals surface area (Å²) in [6.45, 7) is 1.70. The van der Waals surface area contributed by atoms with E-state index < -0.39 is 6.04 Å². The van der Waals surface area contributed by atoms with E-state index in [2.05, 4.69) is 10.1 Å². The fourth-order valence-corrected chi connectivity index (χ4v) is 1.55. The van der Waals surface area contributed by atoms with Crippen molar-refractivity contribution in [2.45, 2.75) is 13.0 Å². The SMILES string of the molecule is COC(=O)C(C)Nc1cccc(Cl)c1OC. The summed E-state index contributed by atoms with van der Waals surface area (Å²) in [4.78, 5) is 11.2. The summed E-state index contributed by atoms with van der Waals surface area (Å²) in [5.41, 5.74) is 0.660. The molecule has 1 unspecified atom stereocenters. The number of para-hydroxylation sites is 1. The van der Waals surface area contributed by atoms with Crippen molar-refractivity contribution >= 4 is 23.3 Å². The number of hydrogen-bond acceptors (Lipinski definition) is 4. The summed E-state index contributed by atoms with van der Waals surface area (Å²) in [7, 11) is 2.87. The Labute approximate surface area is 99.5 Å². The second kappa shape index (κ2) is 5.61. The Bertz CT molecular complexity index is 381. The predicted octanol–water partition coefficient (Wildman–Crippen LogP) is 2.32. The summed E-state index contributed by atoms with van der Waals surface area (Å²) >= 11 is 5.95. The van der Waals surface area contributed by atoms with Crippen molar-refractivity contribution in [3.8, 4) is 5.75 Å². The van der Waals surface area contributed by atoms with Gasteiger partial charge in [0.1, 0.15) is 6.04 Å². The molecule has 0 saturated carbocycles. The number of nitrogens with one attached hydrogen (secondary N) is 1. The number of carbonyl (C=O) groups is 1. The van der Waals surface area contributed by atoms with Crippen LogP contribution in [0.15, 0.2) is 18.2 Å². The molecule has 0 radical (unpaired) electrons. The third-order valence-electron chi connectivity index (χ3n) is 2.10. The minimum absolute atomic E-state index is 0.345. The van der Waals surface area contributed by atoms with Crippen molar-refractivity contribution in [3.63, 3.8) is 0 Å². The number of rotatable bonds is 4. The van der Waals surface area contributed by atoms with Gasteiger partial charge in [-0.15, -0.1) is 0 Å². The summed E-state index contributed by atoms with van der Waals surface area (Å²) < 4.78 is 9.76. The molecule has 0 aliphatic carbocycles. The number of halogens is 1. The first-order valence-corrected chi connectivity index (χ1v) is 5.14. The third kappa shape index (κ3) is 2.79. The molecule has 5 heteroatoms. The molecule has 88 valence electrons. The van der Waals surface area contributed by atoms with Crippen LogP contribution in [0.25, 0.3) is 0 Å². The van der Waals surface area contributed by atoms with Crippen LogP contribution in [0.5, 0.6) is 5.75 Å². The molecule has 0 spiro atoms. The van der Waals surface area contributed by atoms with Gasteiger partial charge in [-0.25, -0.2) is 4.79 Å². The van der Waals surface area contributed by atoms with Crippen molar-refractivity contribution in [1.82, 2.24) is 0 Å². The zero-order chi connectivity index (χ0) is 12.1. The number of methoxy groups -OCH3 is 2. The number of anilines is 1. The van der Waals surface area contributed by atoms with E-state index >= 15 is 0 Å². The maximum absolute atomic E-state index is 11.2. The third-order valence-corrected chi connectivity index (χ3v) is 2.40.